The number of nitrogens with one attached hydrogen (secondary N) is 1. The van der Waals surface area contributed by atoms with Crippen LogP contribution >= 0.6 is 11.6 Å². The molecule has 2 aromatic rings. The van der Waals surface area contributed by atoms with Gasteiger partial charge in [-0.25, -0.2) is 9.78 Å². The van der Waals surface area contributed by atoms with E-state index in [1.165, 1.54) is 5.56 Å². The van der Waals surface area contributed by atoms with Crippen molar-refractivity contribution in [3.8, 4) is 0 Å². The van der Waals surface area contributed by atoms with Crippen molar-refractivity contribution in [2.24, 2.45) is 0 Å². The number of hydrogen-bond donors (Lipinski definition) is 1. The number of amides is 2. The highest BCUT2D eigenvalue weighted by molar-refractivity contribution is 6.32. The summed E-state index contributed by atoms with van der Waals surface area (Å²) in [5.41, 5.74) is 2.12. The van der Waals surface area contributed by atoms with Gasteiger partial charge in [-0.15, -0.1) is 0 Å². The Labute approximate surface area is 166 Å². The molecule has 1 fully saturated rings. The maximum atomic E-state index is 12.7. The van der Waals surface area contributed by atoms with Crippen LogP contribution in [0.3, 0.4) is 0 Å². The molecule has 1 aromatic carbocycles. The third kappa shape index (κ3) is 4.53. The molecule has 0 spiro atoms. The molecule has 144 valence electrons. The molecule has 0 radical (unpaired) electrons. The van der Waals surface area contributed by atoms with E-state index < -0.39 is 0 Å². The summed E-state index contributed by atoms with van der Waals surface area (Å²) in [5.74, 6) is 1.31. The molecule has 0 bridgehead atoms. The molecule has 2 heterocycles. The van der Waals surface area contributed by atoms with Crippen molar-refractivity contribution >= 4 is 29.1 Å². The minimum atomic E-state index is -0.0643. The van der Waals surface area contributed by atoms with Crippen LogP contribution in [0.4, 0.5) is 16.3 Å². The first kappa shape index (κ1) is 19.5. The Bertz CT molecular complexity index is 780. The molecule has 3 rings (SSSR count). The van der Waals surface area contributed by atoms with Crippen LogP contribution in [0, 0.1) is 0 Å². The lowest BCUT2D eigenvalue weighted by Gasteiger charge is -2.40. The smallest absolute Gasteiger partial charge is 0.322 e. The summed E-state index contributed by atoms with van der Waals surface area (Å²) in [5, 5.41) is 3.66. The maximum Gasteiger partial charge on any atom is 0.322 e. The fraction of sp³-hybridized carbons (Fsp3) is 0.429. The van der Waals surface area contributed by atoms with Crippen molar-refractivity contribution in [2.45, 2.75) is 39.2 Å². The van der Waals surface area contributed by atoms with Crippen LogP contribution in [0.1, 0.15) is 38.7 Å². The van der Waals surface area contributed by atoms with Crippen molar-refractivity contribution in [3.63, 3.8) is 0 Å². The lowest BCUT2D eigenvalue weighted by molar-refractivity contribution is 0.184. The van der Waals surface area contributed by atoms with Crippen LogP contribution < -0.4 is 10.2 Å². The molecule has 1 aromatic heterocycles. The van der Waals surface area contributed by atoms with E-state index in [0.29, 0.717) is 30.6 Å². The SMILES string of the molecule is CCC(C)c1ccc(NC(=O)N2CCN(c3ncccc3Cl)CC2C)cc1. The third-order valence-corrected chi connectivity index (χ3v) is 5.57. The lowest BCUT2D eigenvalue weighted by atomic mass is 9.99. The van der Waals surface area contributed by atoms with Crippen LogP contribution in [0.25, 0.3) is 0 Å². The Morgan fingerprint density at radius 1 is 1.30 bits per heavy atom. The normalized spacial score (nSPS) is 18.3. The Morgan fingerprint density at radius 3 is 2.67 bits per heavy atom. The molecule has 1 saturated heterocycles. The van der Waals surface area contributed by atoms with Crippen molar-refractivity contribution < 1.29 is 4.79 Å². The number of piperazine rings is 1. The van der Waals surface area contributed by atoms with Gasteiger partial charge in [0.05, 0.1) is 5.02 Å². The molecular weight excluding hydrogens is 360 g/mol. The van der Waals surface area contributed by atoms with Crippen LogP contribution in [-0.2, 0) is 0 Å². The van der Waals surface area contributed by atoms with Gasteiger partial charge in [-0.05, 0) is 49.1 Å². The minimum absolute atomic E-state index is 0.0643. The molecule has 2 unspecified atom stereocenters. The molecule has 5 nitrogen and oxygen atoms in total. The van der Waals surface area contributed by atoms with E-state index >= 15 is 0 Å². The van der Waals surface area contributed by atoms with Gasteiger partial charge in [0.1, 0.15) is 5.82 Å². The Kier molecular flexibility index (Phi) is 6.22. The van der Waals surface area contributed by atoms with Gasteiger partial charge in [-0.2, -0.15) is 0 Å². The number of benzene rings is 1. The number of carbonyl (C=O) groups is 1. The summed E-state index contributed by atoms with van der Waals surface area (Å²) in [4.78, 5) is 21.1. The van der Waals surface area contributed by atoms with Crippen molar-refractivity contribution in [3.05, 3.63) is 53.2 Å². The second kappa shape index (κ2) is 8.61. The lowest BCUT2D eigenvalue weighted by Crippen LogP contribution is -2.55. The molecule has 1 aliphatic rings. The highest BCUT2D eigenvalue weighted by Crippen LogP contribution is 2.25. The Morgan fingerprint density at radius 2 is 2.04 bits per heavy atom. The molecule has 27 heavy (non-hydrogen) atoms. The Hall–Kier alpha value is -2.27. The average Bonchev–Trinajstić information content (AvgIpc) is 2.68. The first-order chi connectivity index (χ1) is 13.0. The monoisotopic (exact) mass is 386 g/mol. The zero-order valence-corrected chi connectivity index (χ0v) is 16.9. The first-order valence-corrected chi connectivity index (χ1v) is 9.90. The number of aromatic nitrogens is 1. The van der Waals surface area contributed by atoms with Crippen LogP contribution in [0.2, 0.25) is 5.02 Å². The van der Waals surface area contributed by atoms with Gasteiger partial charge in [0.25, 0.3) is 0 Å². The second-order valence-corrected chi connectivity index (χ2v) is 7.57. The summed E-state index contributed by atoms with van der Waals surface area (Å²) >= 11 is 6.26. The predicted octanol–water partition coefficient (Wildman–Crippen LogP) is 4.99. The predicted molar refractivity (Wildman–Crippen MR) is 112 cm³/mol. The molecule has 2 amide bonds. The number of nitrogens with zero attached hydrogens (tertiary/aromatic N) is 3. The van der Waals surface area contributed by atoms with Gasteiger partial charge >= 0.3 is 6.03 Å². The van der Waals surface area contributed by atoms with Crippen molar-refractivity contribution in [1.82, 2.24) is 9.88 Å². The van der Waals surface area contributed by atoms with Gasteiger partial charge in [0.2, 0.25) is 0 Å². The largest absolute Gasteiger partial charge is 0.352 e. The van der Waals surface area contributed by atoms with E-state index in [2.05, 4.69) is 48.1 Å². The van der Waals surface area contributed by atoms with E-state index in [0.717, 1.165) is 17.9 Å². The summed E-state index contributed by atoms with van der Waals surface area (Å²) < 4.78 is 0. The molecule has 1 aliphatic heterocycles. The molecule has 1 N–H and O–H groups in total. The fourth-order valence-electron chi connectivity index (χ4n) is 3.39. The van der Waals surface area contributed by atoms with E-state index in [-0.39, 0.29) is 12.1 Å². The van der Waals surface area contributed by atoms with Gasteiger partial charge in [-0.3, -0.25) is 0 Å². The molecular formula is C21H27ClN4O. The third-order valence-electron chi connectivity index (χ3n) is 5.27. The van der Waals surface area contributed by atoms with E-state index in [4.69, 9.17) is 11.6 Å². The van der Waals surface area contributed by atoms with Crippen molar-refractivity contribution in [1.29, 1.82) is 0 Å². The minimum Gasteiger partial charge on any atom is -0.352 e. The summed E-state index contributed by atoms with van der Waals surface area (Å²) in [6, 6.07) is 11.8. The quantitative estimate of drug-likeness (QED) is 0.805. The highest BCUT2D eigenvalue weighted by Gasteiger charge is 2.28. The zero-order chi connectivity index (χ0) is 19.4. The number of hydrogen-bond acceptors (Lipinski definition) is 3. The van der Waals surface area contributed by atoms with Crippen LogP contribution in [0.5, 0.6) is 0 Å². The highest BCUT2D eigenvalue weighted by atomic mass is 35.5. The van der Waals surface area contributed by atoms with Gasteiger partial charge < -0.3 is 15.1 Å². The van der Waals surface area contributed by atoms with E-state index in [1.807, 2.05) is 29.2 Å². The van der Waals surface area contributed by atoms with E-state index in [1.54, 1.807) is 6.20 Å². The van der Waals surface area contributed by atoms with Crippen LogP contribution in [-0.4, -0.2) is 41.6 Å². The number of anilines is 2. The zero-order valence-electron chi connectivity index (χ0n) is 16.2. The summed E-state index contributed by atoms with van der Waals surface area (Å²) in [6.45, 7) is 8.49. The Balaban J connectivity index is 1.61. The number of urea groups is 1. The van der Waals surface area contributed by atoms with Crippen LogP contribution in [0.15, 0.2) is 42.6 Å². The van der Waals surface area contributed by atoms with Crippen molar-refractivity contribution in [2.75, 3.05) is 29.9 Å². The van der Waals surface area contributed by atoms with Gasteiger partial charge in [0.15, 0.2) is 0 Å². The van der Waals surface area contributed by atoms with Gasteiger partial charge in [0, 0.05) is 37.6 Å². The second-order valence-electron chi connectivity index (χ2n) is 7.16. The standard InChI is InChI=1S/C21H27ClN4O/c1-4-15(2)17-7-9-18(10-8-17)24-21(27)26-13-12-25(14-16(26)3)20-19(22)6-5-11-23-20/h5-11,15-16H,4,12-14H2,1-3H3,(H,24,27). The number of carbonyl (C=O) groups excluding carboxylic acids is 1. The maximum absolute atomic E-state index is 12.7. The molecule has 0 aliphatic carbocycles. The van der Waals surface area contributed by atoms with Gasteiger partial charge in [-0.1, -0.05) is 37.6 Å². The fourth-order valence-corrected chi connectivity index (χ4v) is 3.63. The number of pyridine rings is 1. The summed E-state index contributed by atoms with van der Waals surface area (Å²) in [7, 11) is 0. The topological polar surface area (TPSA) is 48.5 Å². The molecule has 0 saturated carbocycles. The number of rotatable bonds is 4. The van der Waals surface area contributed by atoms with E-state index in [9.17, 15) is 4.79 Å². The number of halogens is 1. The molecule has 2 atom stereocenters. The summed E-state index contributed by atoms with van der Waals surface area (Å²) in [6.07, 6.45) is 2.85. The molecule has 6 heteroatoms. The first-order valence-electron chi connectivity index (χ1n) is 9.52. The average molecular weight is 387 g/mol.